The highest BCUT2D eigenvalue weighted by Crippen LogP contribution is 2.23. The van der Waals surface area contributed by atoms with Crippen molar-refractivity contribution in [2.45, 2.75) is 11.3 Å². The van der Waals surface area contributed by atoms with Gasteiger partial charge >= 0.3 is 11.9 Å². The first-order valence-electron chi connectivity index (χ1n) is 9.47. The molecule has 0 unspecified atom stereocenters. The molecule has 9 nitrogen and oxygen atoms in total. The van der Waals surface area contributed by atoms with Gasteiger partial charge in [0.05, 0.1) is 36.8 Å². The molecule has 0 amide bonds. The number of carbonyl (C=O) groups excluding carboxylic acids is 2. The molecule has 3 rings (SSSR count). The minimum Gasteiger partial charge on any atom is -0.465 e. The van der Waals surface area contributed by atoms with Gasteiger partial charge in [-0.1, -0.05) is 0 Å². The van der Waals surface area contributed by atoms with Crippen LogP contribution in [0.1, 0.15) is 27.1 Å². The highest BCUT2D eigenvalue weighted by molar-refractivity contribution is 7.89. The highest BCUT2D eigenvalue weighted by Gasteiger charge is 2.31. The Balaban J connectivity index is 1.77. The van der Waals surface area contributed by atoms with Crippen LogP contribution in [0.4, 0.5) is 0 Å². The van der Waals surface area contributed by atoms with Crippen LogP contribution >= 0.6 is 0 Å². The van der Waals surface area contributed by atoms with Gasteiger partial charge in [-0.25, -0.2) is 18.0 Å². The summed E-state index contributed by atoms with van der Waals surface area (Å²) in [5.74, 6) is -0.955. The van der Waals surface area contributed by atoms with E-state index in [1.165, 1.54) is 36.7 Å². The Kier molecular flexibility index (Phi) is 6.89. The van der Waals surface area contributed by atoms with Crippen molar-refractivity contribution >= 4 is 22.0 Å². The van der Waals surface area contributed by atoms with Crippen LogP contribution < -0.4 is 0 Å². The van der Waals surface area contributed by atoms with Gasteiger partial charge in [-0.2, -0.15) is 4.31 Å². The lowest BCUT2D eigenvalue weighted by Gasteiger charge is -2.35. The fourth-order valence-corrected chi connectivity index (χ4v) is 5.11. The van der Waals surface area contributed by atoms with E-state index in [4.69, 9.17) is 4.74 Å². The maximum atomic E-state index is 13.1. The molecular weight excluding hydrogens is 400 g/mol. The number of ether oxygens (including phenoxy) is 3. The number of hydrogen-bond donors (Lipinski definition) is 0. The molecule has 10 heteroatoms. The van der Waals surface area contributed by atoms with Gasteiger partial charge in [-0.05, 0) is 30.5 Å². The van der Waals surface area contributed by atoms with Gasteiger partial charge in [0.15, 0.2) is 0 Å². The Morgan fingerprint density at radius 1 is 1.03 bits per heavy atom. The summed E-state index contributed by atoms with van der Waals surface area (Å²) in [7, 11) is -1.49. The number of sulfonamides is 1. The number of nitrogens with zero attached hydrogens (tertiary/aromatic N) is 2. The second-order valence-corrected chi connectivity index (χ2v) is 9.10. The lowest BCUT2D eigenvalue weighted by Crippen LogP contribution is -2.49. The van der Waals surface area contributed by atoms with Crippen molar-refractivity contribution in [2.75, 3.05) is 60.2 Å². The Labute approximate surface area is 170 Å². The largest absolute Gasteiger partial charge is 0.465 e. The molecule has 1 aromatic carbocycles. The molecule has 2 fully saturated rings. The van der Waals surface area contributed by atoms with E-state index in [-0.39, 0.29) is 16.0 Å². The molecule has 0 radical (unpaired) electrons. The number of hydrogen-bond acceptors (Lipinski definition) is 8. The molecule has 2 saturated heterocycles. The lowest BCUT2D eigenvalue weighted by molar-refractivity contribution is 0.0598. The van der Waals surface area contributed by atoms with Gasteiger partial charge in [0.25, 0.3) is 0 Å². The van der Waals surface area contributed by atoms with Crippen LogP contribution in [-0.2, 0) is 24.2 Å². The quantitative estimate of drug-likeness (QED) is 0.610. The molecule has 29 heavy (non-hydrogen) atoms. The van der Waals surface area contributed by atoms with E-state index in [1.807, 2.05) is 0 Å². The monoisotopic (exact) mass is 426 g/mol. The maximum absolute atomic E-state index is 13.1. The van der Waals surface area contributed by atoms with Crippen molar-refractivity contribution in [1.29, 1.82) is 0 Å². The predicted octanol–water partition coefficient (Wildman–Crippen LogP) is 0.603. The van der Waals surface area contributed by atoms with Crippen LogP contribution in [0.5, 0.6) is 0 Å². The van der Waals surface area contributed by atoms with Gasteiger partial charge in [0, 0.05) is 39.3 Å². The van der Waals surface area contributed by atoms with Crippen LogP contribution in [0.25, 0.3) is 0 Å². The summed E-state index contributed by atoms with van der Waals surface area (Å²) in [5.41, 5.74) is -0.0392. The summed E-state index contributed by atoms with van der Waals surface area (Å²) in [6.07, 6.45) is 1.04. The summed E-state index contributed by atoms with van der Waals surface area (Å²) in [4.78, 5) is 26.0. The van der Waals surface area contributed by atoms with Gasteiger partial charge in [-0.3, -0.25) is 0 Å². The van der Waals surface area contributed by atoms with Crippen molar-refractivity contribution in [3.8, 4) is 0 Å². The topological polar surface area (TPSA) is 102 Å². The van der Waals surface area contributed by atoms with Crippen LogP contribution in [-0.4, -0.2) is 89.7 Å². The van der Waals surface area contributed by atoms with Crippen molar-refractivity contribution in [2.24, 2.45) is 5.92 Å². The Morgan fingerprint density at radius 3 is 2.10 bits per heavy atom. The molecule has 0 aromatic heterocycles. The first-order valence-corrected chi connectivity index (χ1v) is 10.9. The van der Waals surface area contributed by atoms with E-state index in [0.717, 1.165) is 26.2 Å². The van der Waals surface area contributed by atoms with Gasteiger partial charge in [-0.15, -0.1) is 0 Å². The second kappa shape index (κ2) is 9.21. The van der Waals surface area contributed by atoms with E-state index in [2.05, 4.69) is 14.4 Å². The fourth-order valence-electron chi connectivity index (χ4n) is 3.61. The summed E-state index contributed by atoms with van der Waals surface area (Å²) in [6, 6.07) is 3.73. The summed E-state index contributed by atoms with van der Waals surface area (Å²) < 4.78 is 42.4. The molecule has 1 atom stereocenters. The van der Waals surface area contributed by atoms with Gasteiger partial charge in [0.1, 0.15) is 0 Å². The average Bonchev–Trinajstić information content (AvgIpc) is 3.25. The average molecular weight is 426 g/mol. The van der Waals surface area contributed by atoms with Gasteiger partial charge < -0.3 is 19.1 Å². The van der Waals surface area contributed by atoms with Crippen molar-refractivity contribution in [3.05, 3.63) is 29.3 Å². The van der Waals surface area contributed by atoms with Crippen LogP contribution in [0.15, 0.2) is 23.1 Å². The number of rotatable bonds is 6. The van der Waals surface area contributed by atoms with Crippen LogP contribution in [0.3, 0.4) is 0 Å². The minimum atomic E-state index is -3.87. The van der Waals surface area contributed by atoms with Crippen molar-refractivity contribution in [1.82, 2.24) is 9.21 Å². The number of methoxy groups -OCH3 is 2. The standard InChI is InChI=1S/C19H26N2O7S/c1-26-18(22)15-9-16(19(23)27-2)11-17(10-15)29(24,25)21-6-4-20(5-7-21)12-14-3-8-28-13-14/h9-11,14H,3-8,12-13H2,1-2H3/t14-/m1/s1. The Hall–Kier alpha value is -2.01. The normalized spacial score (nSPS) is 21.1. The molecular formula is C19H26N2O7S. The number of esters is 2. The Morgan fingerprint density at radius 2 is 1.62 bits per heavy atom. The van der Waals surface area contributed by atoms with E-state index < -0.39 is 22.0 Å². The molecule has 0 N–H and O–H groups in total. The van der Waals surface area contributed by atoms with Crippen molar-refractivity contribution < 1.29 is 32.2 Å². The smallest absolute Gasteiger partial charge is 0.337 e. The van der Waals surface area contributed by atoms with Crippen molar-refractivity contribution in [3.63, 3.8) is 0 Å². The van der Waals surface area contributed by atoms with E-state index in [9.17, 15) is 18.0 Å². The zero-order valence-electron chi connectivity index (χ0n) is 16.6. The zero-order chi connectivity index (χ0) is 21.0. The molecule has 1 aromatic rings. The Bertz CT molecular complexity index is 823. The van der Waals surface area contributed by atoms with Gasteiger partial charge in [0.2, 0.25) is 10.0 Å². The fraction of sp³-hybridized carbons (Fsp3) is 0.579. The predicted molar refractivity (Wildman–Crippen MR) is 103 cm³/mol. The number of piperazine rings is 1. The summed E-state index contributed by atoms with van der Waals surface area (Å²) >= 11 is 0. The van der Waals surface area contributed by atoms with E-state index >= 15 is 0 Å². The molecule has 2 heterocycles. The zero-order valence-corrected chi connectivity index (χ0v) is 17.4. The molecule has 2 aliphatic heterocycles. The first kappa shape index (κ1) is 21.7. The molecule has 160 valence electrons. The summed E-state index contributed by atoms with van der Waals surface area (Å²) in [5, 5.41) is 0. The van der Waals surface area contributed by atoms with Crippen LogP contribution in [0, 0.1) is 5.92 Å². The third-order valence-corrected chi connectivity index (χ3v) is 7.13. The molecule has 2 aliphatic rings. The number of benzene rings is 1. The minimum absolute atomic E-state index is 0.0196. The SMILES string of the molecule is COC(=O)c1cc(C(=O)OC)cc(S(=O)(=O)N2CCN(C[C@H]3CCOC3)CC2)c1. The lowest BCUT2D eigenvalue weighted by atomic mass is 10.1. The first-order chi connectivity index (χ1) is 13.8. The third kappa shape index (κ3) is 4.95. The second-order valence-electron chi connectivity index (χ2n) is 7.16. The summed E-state index contributed by atoms with van der Waals surface area (Å²) in [6.45, 7) is 4.37. The highest BCUT2D eigenvalue weighted by atomic mass is 32.2. The molecule has 0 bridgehead atoms. The molecule has 0 saturated carbocycles. The van der Waals surface area contributed by atoms with E-state index in [0.29, 0.717) is 32.1 Å². The third-order valence-electron chi connectivity index (χ3n) is 5.26. The number of carbonyl (C=O) groups is 2. The molecule has 0 spiro atoms. The maximum Gasteiger partial charge on any atom is 0.337 e. The van der Waals surface area contributed by atoms with Crippen LogP contribution in [0.2, 0.25) is 0 Å². The van der Waals surface area contributed by atoms with E-state index in [1.54, 1.807) is 0 Å². The molecule has 0 aliphatic carbocycles.